The molecule has 14 heavy (non-hydrogen) atoms. The third-order valence-electron chi connectivity index (χ3n) is 2.10. The average Bonchev–Trinajstić information content (AvgIpc) is 2.27. The lowest BCUT2D eigenvalue weighted by atomic mass is 10.0. The van der Waals surface area contributed by atoms with Gasteiger partial charge in [-0.15, -0.1) is 4.36 Å². The maximum Gasteiger partial charge on any atom is 0.288 e. The molecule has 0 aromatic heterocycles. The van der Waals surface area contributed by atoms with E-state index in [1.807, 2.05) is 36.4 Å². The van der Waals surface area contributed by atoms with Crippen molar-refractivity contribution in [1.29, 1.82) is 0 Å². The van der Waals surface area contributed by atoms with Crippen LogP contribution in [0.1, 0.15) is 10.4 Å². The summed E-state index contributed by atoms with van der Waals surface area (Å²) in [4.78, 5) is 11.4. The molecule has 0 atom stereocenters. The van der Waals surface area contributed by atoms with Crippen molar-refractivity contribution in [3.05, 3.63) is 48.0 Å². The summed E-state index contributed by atoms with van der Waals surface area (Å²) < 4.78 is 3.25. The van der Waals surface area contributed by atoms with E-state index in [0.29, 0.717) is 5.56 Å². The van der Waals surface area contributed by atoms with Crippen LogP contribution < -0.4 is 0 Å². The summed E-state index contributed by atoms with van der Waals surface area (Å²) in [7, 11) is 0. The molecule has 0 heterocycles. The largest absolute Gasteiger partial charge is 0.288 e. The number of hydrogen-bond acceptors (Lipinski definition) is 2. The van der Waals surface area contributed by atoms with Crippen LogP contribution in [0.25, 0.3) is 10.8 Å². The van der Waals surface area contributed by atoms with Crippen LogP contribution in [0.4, 0.5) is 0 Å². The van der Waals surface area contributed by atoms with Crippen LogP contribution in [-0.4, -0.2) is 5.91 Å². The van der Waals surface area contributed by atoms with Gasteiger partial charge in [0.25, 0.3) is 5.91 Å². The fraction of sp³-hybridized carbons (Fsp3) is 0. The van der Waals surface area contributed by atoms with Crippen molar-refractivity contribution in [1.82, 2.24) is 0 Å². The highest BCUT2D eigenvalue weighted by molar-refractivity contribution is 7.47. The fourth-order valence-electron chi connectivity index (χ4n) is 1.46. The number of carbonyl (C=O) groups excluding carboxylic acids is 1. The molecule has 2 nitrogen and oxygen atoms in total. The van der Waals surface area contributed by atoms with Gasteiger partial charge in [-0.3, -0.25) is 4.79 Å². The molecule has 0 fully saturated rings. The third kappa shape index (κ3) is 1.42. The highest BCUT2D eigenvalue weighted by Crippen LogP contribution is 2.18. The molecule has 0 unspecified atom stereocenters. The maximum atomic E-state index is 11.4. The molecule has 0 aliphatic carbocycles. The van der Waals surface area contributed by atoms with Gasteiger partial charge in [0.05, 0.1) is 5.56 Å². The lowest BCUT2D eigenvalue weighted by molar-refractivity contribution is 0.101. The predicted octanol–water partition coefficient (Wildman–Crippen LogP) is 2.71. The number of carbonyl (C=O) groups is 1. The summed E-state index contributed by atoms with van der Waals surface area (Å²) in [6, 6.07) is 13.2. The zero-order valence-corrected chi connectivity index (χ0v) is 8.12. The lowest BCUT2D eigenvalue weighted by Gasteiger charge is -2.00. The second-order valence-electron chi connectivity index (χ2n) is 2.92. The number of benzene rings is 2. The zero-order valence-electron chi connectivity index (χ0n) is 7.31. The van der Waals surface area contributed by atoms with Crippen LogP contribution in [-0.2, 0) is 12.4 Å². The molecule has 68 valence electrons. The van der Waals surface area contributed by atoms with Gasteiger partial charge in [0.15, 0.2) is 0 Å². The standard InChI is InChI=1S/C11H7NOS/c13-11(12-14)10-7-3-5-8-4-1-2-6-9(8)10/h1-7H. The summed E-state index contributed by atoms with van der Waals surface area (Å²) in [5.41, 5.74) is 0.568. The first-order valence-corrected chi connectivity index (χ1v) is 4.55. The Kier molecular flexibility index (Phi) is 2.33. The Hall–Kier alpha value is -1.61. The molecule has 0 bridgehead atoms. The van der Waals surface area contributed by atoms with E-state index in [1.54, 1.807) is 6.07 Å². The van der Waals surface area contributed by atoms with E-state index < -0.39 is 0 Å². The monoisotopic (exact) mass is 201 g/mol. The first kappa shape index (κ1) is 8.97. The fourth-order valence-corrected chi connectivity index (χ4v) is 1.56. The molecule has 2 aromatic carbocycles. The first-order valence-electron chi connectivity index (χ1n) is 4.18. The second kappa shape index (κ2) is 3.64. The first-order chi connectivity index (χ1) is 6.83. The highest BCUT2D eigenvalue weighted by atomic mass is 32.1. The Morgan fingerprint density at radius 1 is 1.07 bits per heavy atom. The lowest BCUT2D eigenvalue weighted by Crippen LogP contribution is -1.94. The Morgan fingerprint density at radius 2 is 1.79 bits per heavy atom. The van der Waals surface area contributed by atoms with Crippen molar-refractivity contribution in [2.24, 2.45) is 4.36 Å². The molecular formula is C11H7NOS. The van der Waals surface area contributed by atoms with Crippen LogP contribution in [0, 0.1) is 0 Å². The summed E-state index contributed by atoms with van der Waals surface area (Å²) >= 11 is 4.40. The molecule has 0 saturated carbocycles. The molecule has 3 heteroatoms. The van der Waals surface area contributed by atoms with Gasteiger partial charge in [0.2, 0.25) is 0 Å². The van der Waals surface area contributed by atoms with Crippen molar-refractivity contribution in [2.75, 3.05) is 0 Å². The molecule has 1 amide bonds. The summed E-state index contributed by atoms with van der Waals surface area (Å²) in [6.07, 6.45) is 0. The van der Waals surface area contributed by atoms with Gasteiger partial charge >= 0.3 is 0 Å². The minimum atomic E-state index is -0.350. The molecule has 0 radical (unpaired) electrons. The number of nitrogens with zero attached hydrogens (tertiary/aromatic N) is 1. The van der Waals surface area contributed by atoms with Gasteiger partial charge < -0.3 is 0 Å². The maximum absolute atomic E-state index is 11.4. The van der Waals surface area contributed by atoms with Gasteiger partial charge in [0, 0.05) is 12.4 Å². The van der Waals surface area contributed by atoms with Gasteiger partial charge in [-0.1, -0.05) is 36.4 Å². The number of hydrogen-bond donors (Lipinski definition) is 0. The van der Waals surface area contributed by atoms with E-state index >= 15 is 0 Å². The van der Waals surface area contributed by atoms with Crippen molar-refractivity contribution in [3.63, 3.8) is 0 Å². The van der Waals surface area contributed by atoms with E-state index in [2.05, 4.69) is 16.8 Å². The van der Waals surface area contributed by atoms with E-state index in [4.69, 9.17) is 0 Å². The second-order valence-corrected chi connectivity index (χ2v) is 3.11. The van der Waals surface area contributed by atoms with Crippen LogP contribution in [0.3, 0.4) is 0 Å². The van der Waals surface area contributed by atoms with Gasteiger partial charge in [-0.2, -0.15) is 0 Å². The van der Waals surface area contributed by atoms with Crippen LogP contribution in [0.2, 0.25) is 0 Å². The number of amides is 1. The summed E-state index contributed by atoms with van der Waals surface area (Å²) in [5, 5.41) is 1.92. The topological polar surface area (TPSA) is 29.4 Å². The van der Waals surface area contributed by atoms with Crippen LogP contribution in [0.5, 0.6) is 0 Å². The highest BCUT2D eigenvalue weighted by Gasteiger charge is 2.06. The average molecular weight is 201 g/mol. The normalized spacial score (nSPS) is 10.0. The van der Waals surface area contributed by atoms with Gasteiger partial charge in [-0.25, -0.2) is 0 Å². The van der Waals surface area contributed by atoms with E-state index in [-0.39, 0.29) is 5.91 Å². The Balaban J connectivity index is 2.77. The van der Waals surface area contributed by atoms with Crippen molar-refractivity contribution >= 4 is 29.1 Å². The minimum Gasteiger partial charge on any atom is -0.266 e. The molecule has 0 aliphatic rings. The van der Waals surface area contributed by atoms with Crippen molar-refractivity contribution in [2.45, 2.75) is 0 Å². The van der Waals surface area contributed by atoms with Crippen LogP contribution >= 0.6 is 0 Å². The third-order valence-corrected chi connectivity index (χ3v) is 2.27. The van der Waals surface area contributed by atoms with Crippen LogP contribution in [0.15, 0.2) is 46.8 Å². The summed E-state index contributed by atoms with van der Waals surface area (Å²) in [5.74, 6) is -0.350. The molecular weight excluding hydrogens is 194 g/mol. The van der Waals surface area contributed by atoms with Crippen molar-refractivity contribution < 1.29 is 4.79 Å². The Bertz CT molecular complexity index is 502. The Labute approximate surface area is 86.7 Å². The molecule has 0 spiro atoms. The SMILES string of the molecule is O=C(N=S)c1cccc2ccccc12. The summed E-state index contributed by atoms with van der Waals surface area (Å²) in [6.45, 7) is 0. The van der Waals surface area contributed by atoms with E-state index in [0.717, 1.165) is 10.8 Å². The minimum absolute atomic E-state index is 0.350. The predicted molar refractivity (Wildman–Crippen MR) is 58.1 cm³/mol. The number of rotatable bonds is 1. The molecule has 2 aromatic rings. The zero-order chi connectivity index (χ0) is 9.97. The molecule has 0 aliphatic heterocycles. The molecule has 0 saturated heterocycles. The molecule has 2 rings (SSSR count). The Morgan fingerprint density at radius 3 is 2.57 bits per heavy atom. The quantitative estimate of drug-likeness (QED) is 0.710. The van der Waals surface area contributed by atoms with E-state index in [9.17, 15) is 4.79 Å². The van der Waals surface area contributed by atoms with Gasteiger partial charge in [-0.05, 0) is 16.8 Å². The van der Waals surface area contributed by atoms with Crippen molar-refractivity contribution in [3.8, 4) is 0 Å². The number of fused-ring (bicyclic) bond motifs is 1. The van der Waals surface area contributed by atoms with Gasteiger partial charge in [0.1, 0.15) is 0 Å². The smallest absolute Gasteiger partial charge is 0.266 e. The molecule has 0 N–H and O–H groups in total. The van der Waals surface area contributed by atoms with E-state index in [1.165, 1.54) is 0 Å².